The minimum atomic E-state index is -0.815. The number of rotatable bonds is 3. The molecule has 76 valence electrons. The van der Waals surface area contributed by atoms with Crippen LogP contribution in [0.2, 0.25) is 0 Å². The van der Waals surface area contributed by atoms with Gasteiger partial charge in [-0.3, -0.25) is 4.79 Å². The molecule has 0 saturated carbocycles. The zero-order chi connectivity index (χ0) is 10.0. The normalized spacial score (nSPS) is 30.8. The molecule has 0 radical (unpaired) electrons. The predicted molar refractivity (Wildman–Crippen MR) is 51.5 cm³/mol. The third-order valence-corrected chi connectivity index (χ3v) is 2.65. The van der Waals surface area contributed by atoms with Gasteiger partial charge >= 0.3 is 0 Å². The van der Waals surface area contributed by atoms with E-state index in [1.165, 1.54) is 0 Å². The van der Waals surface area contributed by atoms with E-state index in [0.717, 1.165) is 12.8 Å². The lowest BCUT2D eigenvalue weighted by atomic mass is 9.97. The molecule has 0 amide bonds. The molecular weight excluding hydrogens is 166 g/mol. The van der Waals surface area contributed by atoms with Gasteiger partial charge in [-0.2, -0.15) is 0 Å². The van der Waals surface area contributed by atoms with Crippen molar-refractivity contribution in [2.24, 2.45) is 5.92 Å². The van der Waals surface area contributed by atoms with Gasteiger partial charge < -0.3 is 10.4 Å². The summed E-state index contributed by atoms with van der Waals surface area (Å²) in [5.41, 5.74) is 0. The Labute approximate surface area is 79.5 Å². The zero-order valence-corrected chi connectivity index (χ0v) is 8.58. The van der Waals surface area contributed by atoms with Crippen LogP contribution in [0.5, 0.6) is 0 Å². The smallest absolute Gasteiger partial charge is 0.165 e. The first-order valence-electron chi connectivity index (χ1n) is 5.00. The van der Waals surface area contributed by atoms with Gasteiger partial charge in [-0.25, -0.2) is 0 Å². The average molecular weight is 185 g/mol. The van der Waals surface area contributed by atoms with Crippen LogP contribution in [0.4, 0.5) is 0 Å². The van der Waals surface area contributed by atoms with Gasteiger partial charge in [-0.05, 0) is 19.8 Å². The van der Waals surface area contributed by atoms with Crippen molar-refractivity contribution < 1.29 is 9.90 Å². The SMILES string of the molecule is CC1CCC(C(O)C(=O)C(C)C)N1. The Morgan fingerprint density at radius 3 is 2.46 bits per heavy atom. The Kier molecular flexibility index (Phi) is 3.45. The number of Topliss-reactive ketones (excluding diaryl/α,β-unsaturated/α-hetero) is 1. The van der Waals surface area contributed by atoms with E-state index >= 15 is 0 Å². The van der Waals surface area contributed by atoms with Crippen molar-refractivity contribution in [2.75, 3.05) is 0 Å². The fourth-order valence-corrected chi connectivity index (χ4v) is 1.75. The van der Waals surface area contributed by atoms with Crippen LogP contribution in [0.15, 0.2) is 0 Å². The van der Waals surface area contributed by atoms with E-state index in [1.807, 2.05) is 13.8 Å². The topological polar surface area (TPSA) is 49.3 Å². The molecule has 0 spiro atoms. The second kappa shape index (κ2) is 4.20. The molecule has 3 unspecified atom stereocenters. The van der Waals surface area contributed by atoms with Gasteiger partial charge in [0.15, 0.2) is 5.78 Å². The Morgan fingerprint density at radius 2 is 2.08 bits per heavy atom. The van der Waals surface area contributed by atoms with Gasteiger partial charge in [0, 0.05) is 18.0 Å². The molecule has 1 rings (SSSR count). The second-order valence-corrected chi connectivity index (χ2v) is 4.25. The molecule has 1 heterocycles. The van der Waals surface area contributed by atoms with Crippen LogP contribution in [-0.4, -0.2) is 29.1 Å². The van der Waals surface area contributed by atoms with Crippen LogP contribution in [0.25, 0.3) is 0 Å². The predicted octanol–water partition coefficient (Wildman–Crippen LogP) is 0.713. The van der Waals surface area contributed by atoms with Crippen molar-refractivity contribution in [3.63, 3.8) is 0 Å². The van der Waals surface area contributed by atoms with Crippen LogP contribution in [-0.2, 0) is 4.79 Å². The van der Waals surface area contributed by atoms with E-state index < -0.39 is 6.10 Å². The highest BCUT2D eigenvalue weighted by atomic mass is 16.3. The second-order valence-electron chi connectivity index (χ2n) is 4.25. The monoisotopic (exact) mass is 185 g/mol. The minimum absolute atomic E-state index is 0.0232. The third kappa shape index (κ3) is 2.51. The first-order valence-corrected chi connectivity index (χ1v) is 5.00. The average Bonchev–Trinajstić information content (AvgIpc) is 2.49. The van der Waals surface area contributed by atoms with Gasteiger partial charge in [0.1, 0.15) is 6.10 Å². The summed E-state index contributed by atoms with van der Waals surface area (Å²) in [7, 11) is 0. The van der Waals surface area contributed by atoms with Crippen molar-refractivity contribution in [3.05, 3.63) is 0 Å². The lowest BCUT2D eigenvalue weighted by Crippen LogP contribution is -2.43. The van der Waals surface area contributed by atoms with E-state index in [0.29, 0.717) is 6.04 Å². The Morgan fingerprint density at radius 1 is 1.46 bits per heavy atom. The van der Waals surface area contributed by atoms with Crippen LogP contribution >= 0.6 is 0 Å². The molecule has 2 N–H and O–H groups in total. The maximum Gasteiger partial charge on any atom is 0.165 e. The van der Waals surface area contributed by atoms with Gasteiger partial charge in [-0.1, -0.05) is 13.8 Å². The van der Waals surface area contributed by atoms with Gasteiger partial charge in [-0.15, -0.1) is 0 Å². The number of carbonyl (C=O) groups excluding carboxylic acids is 1. The fourth-order valence-electron chi connectivity index (χ4n) is 1.75. The van der Waals surface area contributed by atoms with Gasteiger partial charge in [0.25, 0.3) is 0 Å². The van der Waals surface area contributed by atoms with E-state index in [4.69, 9.17) is 0 Å². The Balaban J connectivity index is 2.48. The number of hydrogen-bond donors (Lipinski definition) is 2. The molecule has 0 aromatic carbocycles. The van der Waals surface area contributed by atoms with Crippen molar-refractivity contribution in [1.29, 1.82) is 0 Å². The standard InChI is InChI=1S/C10H19NO2/c1-6(2)9(12)10(13)8-5-4-7(3)11-8/h6-8,10-11,13H,4-5H2,1-3H3. The molecule has 0 aromatic rings. The van der Waals surface area contributed by atoms with Crippen molar-refractivity contribution in [3.8, 4) is 0 Å². The molecule has 3 atom stereocenters. The molecule has 3 heteroatoms. The quantitative estimate of drug-likeness (QED) is 0.681. The van der Waals surface area contributed by atoms with Crippen molar-refractivity contribution >= 4 is 5.78 Å². The molecule has 1 fully saturated rings. The lowest BCUT2D eigenvalue weighted by Gasteiger charge is -2.19. The molecule has 1 saturated heterocycles. The number of aliphatic hydroxyl groups is 1. The summed E-state index contributed by atoms with van der Waals surface area (Å²) in [4.78, 5) is 11.4. The summed E-state index contributed by atoms with van der Waals surface area (Å²) in [5, 5.41) is 12.9. The van der Waals surface area contributed by atoms with Crippen molar-refractivity contribution in [1.82, 2.24) is 5.32 Å². The van der Waals surface area contributed by atoms with Crippen LogP contribution < -0.4 is 5.32 Å². The lowest BCUT2D eigenvalue weighted by molar-refractivity contribution is -0.131. The summed E-state index contributed by atoms with van der Waals surface area (Å²) in [6.07, 6.45) is 1.14. The molecule has 1 aliphatic rings. The van der Waals surface area contributed by atoms with Crippen LogP contribution in [0, 0.1) is 5.92 Å². The van der Waals surface area contributed by atoms with Crippen molar-refractivity contribution in [2.45, 2.75) is 51.8 Å². The van der Waals surface area contributed by atoms with E-state index in [-0.39, 0.29) is 17.7 Å². The molecule has 13 heavy (non-hydrogen) atoms. The first kappa shape index (κ1) is 10.7. The van der Waals surface area contributed by atoms with Gasteiger partial charge in [0.05, 0.1) is 0 Å². The number of ketones is 1. The highest BCUT2D eigenvalue weighted by molar-refractivity contribution is 5.85. The highest BCUT2D eigenvalue weighted by Gasteiger charge is 2.31. The summed E-state index contributed by atoms with van der Waals surface area (Å²) < 4.78 is 0. The molecular formula is C10H19NO2. The van der Waals surface area contributed by atoms with Crippen LogP contribution in [0.1, 0.15) is 33.6 Å². The minimum Gasteiger partial charge on any atom is -0.384 e. The molecule has 0 aliphatic carbocycles. The summed E-state index contributed by atoms with van der Waals surface area (Å²) in [6, 6.07) is 0.407. The molecule has 0 aromatic heterocycles. The van der Waals surface area contributed by atoms with E-state index in [2.05, 4.69) is 12.2 Å². The van der Waals surface area contributed by atoms with E-state index in [9.17, 15) is 9.90 Å². The summed E-state index contributed by atoms with van der Waals surface area (Å²) in [5.74, 6) is -0.126. The zero-order valence-electron chi connectivity index (χ0n) is 8.58. The summed E-state index contributed by atoms with van der Waals surface area (Å²) >= 11 is 0. The number of carbonyl (C=O) groups is 1. The largest absolute Gasteiger partial charge is 0.384 e. The first-order chi connectivity index (χ1) is 6.02. The maximum absolute atomic E-state index is 11.4. The molecule has 1 aliphatic heterocycles. The molecule has 0 bridgehead atoms. The number of hydrogen-bond acceptors (Lipinski definition) is 3. The third-order valence-electron chi connectivity index (χ3n) is 2.65. The fraction of sp³-hybridized carbons (Fsp3) is 0.900. The summed E-state index contributed by atoms with van der Waals surface area (Å²) in [6.45, 7) is 5.72. The van der Waals surface area contributed by atoms with Crippen LogP contribution in [0.3, 0.4) is 0 Å². The van der Waals surface area contributed by atoms with E-state index in [1.54, 1.807) is 0 Å². The maximum atomic E-state index is 11.4. The Bertz CT molecular complexity index is 191. The highest BCUT2D eigenvalue weighted by Crippen LogP contribution is 2.16. The number of nitrogens with one attached hydrogen (secondary N) is 1. The Hall–Kier alpha value is -0.410. The molecule has 3 nitrogen and oxygen atoms in total. The number of aliphatic hydroxyl groups excluding tert-OH is 1. The van der Waals surface area contributed by atoms with Gasteiger partial charge in [0.2, 0.25) is 0 Å².